The fraction of sp³-hybridized carbons (Fsp3) is 1.00. The van der Waals surface area contributed by atoms with Gasteiger partial charge in [-0.15, -0.1) is 0 Å². The van der Waals surface area contributed by atoms with Gasteiger partial charge in [0.1, 0.15) is 0 Å². The topological polar surface area (TPSA) is 40.5 Å². The molecule has 0 aromatic carbocycles. The average Bonchev–Trinajstić information content (AvgIpc) is 2.21. The number of hydrogen-bond acceptors (Lipinski definition) is 2. The third-order valence-corrected chi connectivity index (χ3v) is 5.30. The SMILES string of the molecule is O[C@H]1[C@H]2CCC[C@@H]1[C@]1(O)CCCC[C@@H]1C2. The second-order valence-corrected chi connectivity index (χ2v) is 5.96. The summed E-state index contributed by atoms with van der Waals surface area (Å²) in [6.45, 7) is 0. The van der Waals surface area contributed by atoms with Gasteiger partial charge in [0.15, 0.2) is 0 Å². The third-order valence-electron chi connectivity index (χ3n) is 5.30. The van der Waals surface area contributed by atoms with Crippen molar-refractivity contribution < 1.29 is 10.2 Å². The molecule has 2 N–H and O–H groups in total. The Morgan fingerprint density at radius 3 is 2.73 bits per heavy atom. The molecule has 2 bridgehead atoms. The Morgan fingerprint density at radius 2 is 1.87 bits per heavy atom. The lowest BCUT2D eigenvalue weighted by atomic mass is 9.54. The van der Waals surface area contributed by atoms with Crippen LogP contribution in [-0.2, 0) is 0 Å². The zero-order chi connectivity index (χ0) is 10.5. The maximum atomic E-state index is 10.8. The minimum Gasteiger partial charge on any atom is -0.392 e. The van der Waals surface area contributed by atoms with E-state index in [1.165, 1.54) is 25.7 Å². The quantitative estimate of drug-likeness (QED) is 0.642. The zero-order valence-corrected chi connectivity index (χ0v) is 9.36. The van der Waals surface area contributed by atoms with Gasteiger partial charge >= 0.3 is 0 Å². The van der Waals surface area contributed by atoms with Crippen LogP contribution in [0, 0.1) is 17.8 Å². The first-order chi connectivity index (χ1) is 7.22. The van der Waals surface area contributed by atoms with Crippen molar-refractivity contribution in [3.8, 4) is 0 Å². The van der Waals surface area contributed by atoms with Crippen molar-refractivity contribution in [3.63, 3.8) is 0 Å². The first kappa shape index (κ1) is 10.1. The Balaban J connectivity index is 1.90. The number of aliphatic hydroxyl groups excluding tert-OH is 1. The van der Waals surface area contributed by atoms with Crippen molar-refractivity contribution in [2.24, 2.45) is 17.8 Å². The van der Waals surface area contributed by atoms with Crippen LogP contribution >= 0.6 is 0 Å². The van der Waals surface area contributed by atoms with Crippen LogP contribution in [0.25, 0.3) is 0 Å². The van der Waals surface area contributed by atoms with Gasteiger partial charge in [0.05, 0.1) is 11.7 Å². The Hall–Kier alpha value is -0.0800. The molecule has 3 rings (SSSR count). The summed E-state index contributed by atoms with van der Waals surface area (Å²) >= 11 is 0. The highest BCUT2D eigenvalue weighted by Gasteiger charge is 2.54. The van der Waals surface area contributed by atoms with E-state index in [4.69, 9.17) is 0 Å². The van der Waals surface area contributed by atoms with Crippen LogP contribution in [0.5, 0.6) is 0 Å². The standard InChI is InChI=1S/C13H22O2/c14-12-9-4-3-6-11(12)13(15)7-2-1-5-10(13)8-9/h9-12,14-15H,1-8H2/t9-,10+,11-,12-,13-/m0/s1. The van der Waals surface area contributed by atoms with Gasteiger partial charge in [-0.25, -0.2) is 0 Å². The molecule has 0 unspecified atom stereocenters. The van der Waals surface area contributed by atoms with E-state index >= 15 is 0 Å². The molecule has 3 saturated carbocycles. The molecule has 5 atom stereocenters. The van der Waals surface area contributed by atoms with Crippen LogP contribution in [0.15, 0.2) is 0 Å². The van der Waals surface area contributed by atoms with Crippen LogP contribution in [0.3, 0.4) is 0 Å². The Labute approximate surface area is 91.7 Å². The second-order valence-electron chi connectivity index (χ2n) is 5.96. The summed E-state index contributed by atoms with van der Waals surface area (Å²) in [6, 6.07) is 0. The molecule has 0 amide bonds. The van der Waals surface area contributed by atoms with E-state index < -0.39 is 5.60 Å². The van der Waals surface area contributed by atoms with Gasteiger partial charge in [-0.2, -0.15) is 0 Å². The first-order valence-electron chi connectivity index (χ1n) is 6.62. The molecule has 15 heavy (non-hydrogen) atoms. The van der Waals surface area contributed by atoms with Crippen molar-refractivity contribution >= 4 is 0 Å². The minimum atomic E-state index is -0.505. The zero-order valence-electron chi connectivity index (χ0n) is 9.36. The lowest BCUT2D eigenvalue weighted by Gasteiger charge is -2.55. The van der Waals surface area contributed by atoms with Crippen molar-refractivity contribution in [3.05, 3.63) is 0 Å². The number of fused-ring (bicyclic) bond motifs is 4. The van der Waals surface area contributed by atoms with Gasteiger partial charge in [0.2, 0.25) is 0 Å². The predicted octanol–water partition coefficient (Wildman–Crippen LogP) is 2.09. The van der Waals surface area contributed by atoms with Gasteiger partial charge in [0.25, 0.3) is 0 Å². The molecular formula is C13H22O2. The molecular weight excluding hydrogens is 188 g/mol. The van der Waals surface area contributed by atoms with Crippen LogP contribution in [0.4, 0.5) is 0 Å². The molecule has 0 spiro atoms. The molecule has 0 aromatic heterocycles. The summed E-state index contributed by atoms with van der Waals surface area (Å²) in [7, 11) is 0. The van der Waals surface area contributed by atoms with Crippen LogP contribution < -0.4 is 0 Å². The molecule has 2 nitrogen and oxygen atoms in total. The van der Waals surface area contributed by atoms with Crippen LogP contribution in [0.2, 0.25) is 0 Å². The molecule has 0 radical (unpaired) electrons. The van der Waals surface area contributed by atoms with Gasteiger partial charge in [-0.05, 0) is 43.9 Å². The highest BCUT2D eigenvalue weighted by molar-refractivity contribution is 5.05. The number of aliphatic hydroxyl groups is 2. The van der Waals surface area contributed by atoms with E-state index in [-0.39, 0.29) is 12.0 Å². The molecule has 2 heteroatoms. The molecule has 0 saturated heterocycles. The number of hydrogen-bond donors (Lipinski definition) is 2. The van der Waals surface area contributed by atoms with Gasteiger partial charge in [-0.1, -0.05) is 19.3 Å². The fourth-order valence-corrected chi connectivity index (χ4v) is 4.50. The highest BCUT2D eigenvalue weighted by atomic mass is 16.3. The molecule has 3 aliphatic rings. The Morgan fingerprint density at radius 1 is 1.00 bits per heavy atom. The summed E-state index contributed by atoms with van der Waals surface area (Å²) in [5.74, 6) is 1.17. The lowest BCUT2D eigenvalue weighted by Crippen LogP contribution is -2.59. The number of rotatable bonds is 0. The van der Waals surface area contributed by atoms with Crippen molar-refractivity contribution in [1.82, 2.24) is 0 Å². The van der Waals surface area contributed by atoms with E-state index in [0.29, 0.717) is 11.8 Å². The summed E-state index contributed by atoms with van der Waals surface area (Å²) in [5.41, 5.74) is -0.505. The average molecular weight is 210 g/mol. The summed E-state index contributed by atoms with van der Waals surface area (Å²) in [6.07, 6.45) is 8.87. The molecule has 86 valence electrons. The first-order valence-corrected chi connectivity index (χ1v) is 6.62. The second kappa shape index (κ2) is 3.46. The van der Waals surface area contributed by atoms with E-state index in [1.54, 1.807) is 0 Å². The normalized spacial score (nSPS) is 54.8. The van der Waals surface area contributed by atoms with Gasteiger partial charge in [-0.3, -0.25) is 0 Å². The maximum Gasteiger partial charge on any atom is 0.0728 e. The molecule has 0 aliphatic heterocycles. The highest BCUT2D eigenvalue weighted by Crippen LogP contribution is 2.53. The van der Waals surface area contributed by atoms with Gasteiger partial charge in [0, 0.05) is 5.92 Å². The molecule has 3 aliphatic carbocycles. The summed E-state index contributed by atoms with van der Waals surface area (Å²) in [5, 5.41) is 21.0. The Bertz CT molecular complexity index is 253. The maximum absolute atomic E-state index is 10.8. The van der Waals surface area contributed by atoms with E-state index in [1.807, 2.05) is 0 Å². The van der Waals surface area contributed by atoms with E-state index in [9.17, 15) is 10.2 Å². The molecule has 3 fully saturated rings. The molecule has 0 heterocycles. The smallest absolute Gasteiger partial charge is 0.0728 e. The largest absolute Gasteiger partial charge is 0.392 e. The third kappa shape index (κ3) is 1.38. The lowest BCUT2D eigenvalue weighted by molar-refractivity contribution is -0.191. The summed E-state index contributed by atoms with van der Waals surface area (Å²) < 4.78 is 0. The van der Waals surface area contributed by atoms with E-state index in [0.717, 1.165) is 25.7 Å². The van der Waals surface area contributed by atoms with Crippen LogP contribution in [-0.4, -0.2) is 21.9 Å². The van der Waals surface area contributed by atoms with Crippen molar-refractivity contribution in [2.45, 2.75) is 63.1 Å². The minimum absolute atomic E-state index is 0.190. The van der Waals surface area contributed by atoms with Crippen molar-refractivity contribution in [1.29, 1.82) is 0 Å². The van der Waals surface area contributed by atoms with Gasteiger partial charge < -0.3 is 10.2 Å². The molecule has 0 aromatic rings. The fourth-order valence-electron chi connectivity index (χ4n) is 4.50. The van der Waals surface area contributed by atoms with Crippen molar-refractivity contribution in [2.75, 3.05) is 0 Å². The summed E-state index contributed by atoms with van der Waals surface area (Å²) in [4.78, 5) is 0. The Kier molecular flexibility index (Phi) is 2.33. The van der Waals surface area contributed by atoms with E-state index in [2.05, 4.69) is 0 Å². The predicted molar refractivity (Wildman–Crippen MR) is 58.4 cm³/mol. The van der Waals surface area contributed by atoms with Crippen LogP contribution in [0.1, 0.15) is 51.4 Å². The monoisotopic (exact) mass is 210 g/mol.